The average Bonchev–Trinajstić information content (AvgIpc) is 3.05. The monoisotopic (exact) mass is 487 g/mol. The largest absolute Gasteiger partial charge is 0.491 e. The Morgan fingerprint density at radius 1 is 1.12 bits per heavy atom. The molecule has 0 saturated carbocycles. The third kappa shape index (κ3) is 5.65. The lowest BCUT2D eigenvalue weighted by molar-refractivity contribution is 0.129. The highest BCUT2D eigenvalue weighted by molar-refractivity contribution is 6.74. The maximum Gasteiger partial charge on any atom is 0.192 e. The molecule has 0 bridgehead atoms. The normalized spacial score (nSPS) is 13.3. The van der Waals surface area contributed by atoms with E-state index in [9.17, 15) is 0 Å². The van der Waals surface area contributed by atoms with Crippen molar-refractivity contribution in [2.24, 2.45) is 0 Å². The molecule has 3 aromatic rings. The fraction of sp³-hybridized carbons (Fsp3) is 0.480. The molecule has 0 aliphatic carbocycles. The summed E-state index contributed by atoms with van der Waals surface area (Å²) in [7, 11) is -1.85. The molecular formula is C25H34ClN3O3Si. The number of halogens is 1. The summed E-state index contributed by atoms with van der Waals surface area (Å²) in [6.45, 7) is 19.4. The van der Waals surface area contributed by atoms with E-state index < -0.39 is 8.32 Å². The Labute approximate surface area is 202 Å². The van der Waals surface area contributed by atoms with Crippen LogP contribution in [-0.2, 0) is 4.43 Å². The average molecular weight is 488 g/mol. The van der Waals surface area contributed by atoms with E-state index in [1.54, 1.807) is 0 Å². The highest BCUT2D eigenvalue weighted by atomic mass is 35.5. The standard InChI is InChI=1S/C25H34ClN3O3Si/c1-15(32-33(8,9)25(5,6)7)14-30-20-12-10-11-19(13-20)24-27-22(16(2)23(26)28-24)21-17(3)29-31-18(21)4/h10-13,15H,14H2,1-9H3/t15-/m1/s1. The predicted octanol–water partition coefficient (Wildman–Crippen LogP) is 7.17. The maximum atomic E-state index is 6.49. The van der Waals surface area contributed by atoms with Gasteiger partial charge in [-0.05, 0) is 58.0 Å². The quantitative estimate of drug-likeness (QED) is 0.260. The van der Waals surface area contributed by atoms with Crippen LogP contribution in [0.4, 0.5) is 0 Å². The molecule has 0 aliphatic rings. The molecule has 0 unspecified atom stereocenters. The third-order valence-corrected chi connectivity index (χ3v) is 11.2. The second kappa shape index (κ2) is 9.56. The summed E-state index contributed by atoms with van der Waals surface area (Å²) in [6, 6.07) is 7.72. The molecule has 0 spiro atoms. The van der Waals surface area contributed by atoms with Crippen molar-refractivity contribution in [1.29, 1.82) is 0 Å². The number of rotatable bonds is 7. The number of aryl methyl sites for hydroxylation is 2. The third-order valence-electron chi connectivity index (χ3n) is 6.24. The van der Waals surface area contributed by atoms with Crippen LogP contribution in [0.15, 0.2) is 28.8 Å². The van der Waals surface area contributed by atoms with Crippen LogP contribution < -0.4 is 4.74 Å². The molecule has 33 heavy (non-hydrogen) atoms. The predicted molar refractivity (Wildman–Crippen MR) is 135 cm³/mol. The summed E-state index contributed by atoms with van der Waals surface area (Å²) in [5, 5.41) is 4.61. The van der Waals surface area contributed by atoms with Crippen molar-refractivity contribution in [1.82, 2.24) is 15.1 Å². The van der Waals surface area contributed by atoms with E-state index in [1.165, 1.54) is 0 Å². The van der Waals surface area contributed by atoms with Gasteiger partial charge in [0.2, 0.25) is 0 Å². The summed E-state index contributed by atoms with van der Waals surface area (Å²) >= 11 is 6.49. The Balaban J connectivity index is 1.83. The second-order valence-corrected chi connectivity index (χ2v) is 15.2. The van der Waals surface area contributed by atoms with Gasteiger partial charge in [-0.1, -0.05) is 49.7 Å². The first kappa shape index (κ1) is 25.4. The van der Waals surface area contributed by atoms with Crippen LogP contribution in [0.25, 0.3) is 22.6 Å². The zero-order valence-electron chi connectivity index (χ0n) is 21.0. The van der Waals surface area contributed by atoms with Gasteiger partial charge in [-0.25, -0.2) is 9.97 Å². The van der Waals surface area contributed by atoms with Gasteiger partial charge < -0.3 is 13.7 Å². The van der Waals surface area contributed by atoms with Crippen LogP contribution in [0.3, 0.4) is 0 Å². The van der Waals surface area contributed by atoms with Crippen molar-refractivity contribution >= 4 is 19.9 Å². The Morgan fingerprint density at radius 3 is 2.42 bits per heavy atom. The van der Waals surface area contributed by atoms with E-state index in [1.807, 2.05) is 45.0 Å². The zero-order chi connectivity index (χ0) is 24.6. The van der Waals surface area contributed by atoms with Crippen LogP contribution >= 0.6 is 11.6 Å². The van der Waals surface area contributed by atoms with Crippen molar-refractivity contribution in [3.8, 4) is 28.4 Å². The van der Waals surface area contributed by atoms with Gasteiger partial charge in [0.05, 0.1) is 23.1 Å². The van der Waals surface area contributed by atoms with E-state index in [-0.39, 0.29) is 11.1 Å². The van der Waals surface area contributed by atoms with Crippen LogP contribution in [-0.4, -0.2) is 36.2 Å². The molecule has 0 saturated heterocycles. The van der Waals surface area contributed by atoms with Gasteiger partial charge in [0.1, 0.15) is 23.3 Å². The van der Waals surface area contributed by atoms with Gasteiger partial charge >= 0.3 is 0 Å². The van der Waals surface area contributed by atoms with Gasteiger partial charge in [-0.3, -0.25) is 0 Å². The molecule has 6 nitrogen and oxygen atoms in total. The summed E-state index contributed by atoms with van der Waals surface area (Å²) in [5.41, 5.74) is 3.95. The number of nitrogens with zero attached hydrogens (tertiary/aromatic N) is 3. The van der Waals surface area contributed by atoms with Crippen LogP contribution in [0.5, 0.6) is 5.75 Å². The zero-order valence-corrected chi connectivity index (χ0v) is 22.8. The van der Waals surface area contributed by atoms with Gasteiger partial charge in [0.15, 0.2) is 14.1 Å². The lowest BCUT2D eigenvalue weighted by Crippen LogP contribution is -2.44. The van der Waals surface area contributed by atoms with Crippen LogP contribution in [0.2, 0.25) is 23.3 Å². The number of aromatic nitrogens is 3. The summed E-state index contributed by atoms with van der Waals surface area (Å²) in [6.07, 6.45) is -0.00855. The highest BCUT2D eigenvalue weighted by Gasteiger charge is 2.38. The van der Waals surface area contributed by atoms with Crippen molar-refractivity contribution in [3.63, 3.8) is 0 Å². The first-order chi connectivity index (χ1) is 15.3. The van der Waals surface area contributed by atoms with Crippen molar-refractivity contribution in [3.05, 3.63) is 46.4 Å². The fourth-order valence-corrected chi connectivity index (χ4v) is 4.93. The molecule has 0 N–H and O–H groups in total. The lowest BCUT2D eigenvalue weighted by Gasteiger charge is -2.38. The molecule has 2 aromatic heterocycles. The van der Waals surface area contributed by atoms with E-state index in [0.717, 1.165) is 33.8 Å². The number of hydrogen-bond acceptors (Lipinski definition) is 6. The first-order valence-corrected chi connectivity index (χ1v) is 14.5. The molecule has 3 rings (SSSR count). The SMILES string of the molecule is Cc1noc(C)c1-c1nc(-c2cccc(OC[C@@H](C)O[Si](C)(C)C(C)(C)C)c2)nc(Cl)c1C. The van der Waals surface area contributed by atoms with E-state index in [2.05, 4.69) is 50.9 Å². The Bertz CT molecular complexity index is 1120. The Kier molecular flexibility index (Phi) is 7.36. The number of benzene rings is 1. The van der Waals surface area contributed by atoms with Crippen molar-refractivity contribution < 1.29 is 13.7 Å². The van der Waals surface area contributed by atoms with Gasteiger partial charge in [-0.2, -0.15) is 0 Å². The molecule has 0 fully saturated rings. The Morgan fingerprint density at radius 2 is 1.82 bits per heavy atom. The number of hydrogen-bond donors (Lipinski definition) is 0. The molecule has 0 radical (unpaired) electrons. The summed E-state index contributed by atoms with van der Waals surface area (Å²) in [4.78, 5) is 9.32. The second-order valence-electron chi connectivity index (χ2n) is 10.0. The van der Waals surface area contributed by atoms with Crippen molar-refractivity contribution in [2.75, 3.05) is 6.61 Å². The van der Waals surface area contributed by atoms with E-state index in [0.29, 0.717) is 23.3 Å². The molecule has 0 amide bonds. The van der Waals surface area contributed by atoms with Crippen LogP contribution in [0, 0.1) is 20.8 Å². The minimum atomic E-state index is -1.85. The lowest BCUT2D eigenvalue weighted by atomic mass is 10.1. The maximum absolute atomic E-state index is 6.49. The topological polar surface area (TPSA) is 70.3 Å². The summed E-state index contributed by atoms with van der Waals surface area (Å²) in [5.74, 6) is 1.96. The van der Waals surface area contributed by atoms with Crippen LogP contribution in [0.1, 0.15) is 44.7 Å². The molecule has 0 aliphatic heterocycles. The fourth-order valence-electron chi connectivity index (χ4n) is 3.34. The minimum Gasteiger partial charge on any atom is -0.491 e. The molecule has 178 valence electrons. The highest BCUT2D eigenvalue weighted by Crippen LogP contribution is 2.37. The van der Waals surface area contributed by atoms with Crippen molar-refractivity contribution in [2.45, 2.75) is 72.7 Å². The number of ether oxygens (including phenoxy) is 1. The molecular weight excluding hydrogens is 454 g/mol. The van der Waals surface area contributed by atoms with Gasteiger partial charge in [0, 0.05) is 11.1 Å². The van der Waals surface area contributed by atoms with Gasteiger partial charge in [-0.15, -0.1) is 0 Å². The molecule has 2 heterocycles. The summed E-state index contributed by atoms with van der Waals surface area (Å²) < 4.78 is 17.8. The molecule has 1 aromatic carbocycles. The van der Waals surface area contributed by atoms with E-state index >= 15 is 0 Å². The first-order valence-electron chi connectivity index (χ1n) is 11.2. The Hall–Kier alpha value is -2.22. The minimum absolute atomic E-state index is 0.00855. The molecule has 1 atom stereocenters. The smallest absolute Gasteiger partial charge is 0.192 e. The molecule has 8 heteroatoms. The van der Waals surface area contributed by atoms with E-state index in [4.69, 9.17) is 30.3 Å². The van der Waals surface area contributed by atoms with Gasteiger partial charge in [0.25, 0.3) is 0 Å².